The molecular weight excluding hydrogens is 363 g/mol. The number of urea groups is 1. The Bertz CT molecular complexity index is 849. The molecule has 1 aliphatic rings. The molecule has 1 N–H and O–H groups in total. The average Bonchev–Trinajstić information content (AvgIpc) is 3.36. The van der Waals surface area contributed by atoms with Gasteiger partial charge in [-0.1, -0.05) is 19.1 Å². The number of benzene rings is 1. The maximum Gasteiger partial charge on any atom is 0.317 e. The monoisotopic (exact) mass is 386 g/mol. The molecule has 0 spiro atoms. The number of hydrogen-bond acceptors (Lipinski definition) is 4. The van der Waals surface area contributed by atoms with Crippen molar-refractivity contribution in [1.82, 2.24) is 15.2 Å². The van der Waals surface area contributed by atoms with Crippen LogP contribution in [0.2, 0.25) is 0 Å². The lowest BCUT2D eigenvalue weighted by atomic mass is 10.0. The quantitative estimate of drug-likeness (QED) is 0.828. The summed E-state index contributed by atoms with van der Waals surface area (Å²) in [6.45, 7) is 2.38. The molecule has 148 valence electrons. The normalized spacial score (nSPS) is 16.0. The van der Waals surface area contributed by atoms with Gasteiger partial charge in [0.05, 0.1) is 12.0 Å². The van der Waals surface area contributed by atoms with Gasteiger partial charge in [0.25, 0.3) is 5.91 Å². The van der Waals surface area contributed by atoms with Crippen LogP contribution in [-0.2, 0) is 4.79 Å². The molecule has 3 rings (SSSR count). The Kier molecular flexibility index (Phi) is 6.08. The van der Waals surface area contributed by atoms with Crippen molar-refractivity contribution < 1.29 is 18.4 Å². The molecule has 1 aromatic carbocycles. The number of hydrazone groups is 1. The number of carbonyl (C=O) groups is 2. The molecule has 1 atom stereocenters. The molecule has 1 aromatic heterocycles. The number of hydrogen-bond donors (Lipinski definition) is 1. The second-order valence-corrected chi connectivity index (χ2v) is 6.62. The Hall–Kier alpha value is -3.16. The summed E-state index contributed by atoms with van der Waals surface area (Å²) >= 11 is 0. The smallest absolute Gasteiger partial charge is 0.317 e. The first-order valence-electron chi connectivity index (χ1n) is 9.17. The molecule has 28 heavy (non-hydrogen) atoms. The third-order valence-electron chi connectivity index (χ3n) is 4.46. The van der Waals surface area contributed by atoms with Gasteiger partial charge in [0.15, 0.2) is 0 Å². The number of rotatable bonds is 6. The van der Waals surface area contributed by atoms with E-state index < -0.39 is 6.04 Å². The first-order chi connectivity index (χ1) is 13.5. The van der Waals surface area contributed by atoms with Gasteiger partial charge in [-0.25, -0.2) is 14.2 Å². The molecule has 0 aliphatic carbocycles. The maximum atomic E-state index is 13.2. The Balaban J connectivity index is 1.78. The lowest BCUT2D eigenvalue weighted by Crippen LogP contribution is -2.43. The lowest BCUT2D eigenvalue weighted by molar-refractivity contribution is -0.133. The highest BCUT2D eigenvalue weighted by atomic mass is 19.1. The predicted molar refractivity (Wildman–Crippen MR) is 102 cm³/mol. The summed E-state index contributed by atoms with van der Waals surface area (Å²) < 4.78 is 18.7. The van der Waals surface area contributed by atoms with Gasteiger partial charge < -0.3 is 14.6 Å². The summed E-state index contributed by atoms with van der Waals surface area (Å²) in [5.41, 5.74) is 1.40. The first-order valence-corrected chi connectivity index (χ1v) is 9.17. The highest BCUT2D eigenvalue weighted by Crippen LogP contribution is 2.33. The van der Waals surface area contributed by atoms with E-state index in [4.69, 9.17) is 4.42 Å². The number of halogens is 1. The Morgan fingerprint density at radius 1 is 1.32 bits per heavy atom. The number of nitrogens with one attached hydrogen (secondary N) is 1. The van der Waals surface area contributed by atoms with E-state index in [9.17, 15) is 14.0 Å². The number of furan rings is 1. The second-order valence-electron chi connectivity index (χ2n) is 6.62. The third kappa shape index (κ3) is 4.39. The molecule has 1 unspecified atom stereocenters. The molecule has 0 saturated heterocycles. The number of likely N-dealkylation sites (N-methyl/N-ethyl adjacent to an activating group) is 1. The van der Waals surface area contributed by atoms with Crippen molar-refractivity contribution in [3.8, 4) is 0 Å². The van der Waals surface area contributed by atoms with E-state index in [1.54, 1.807) is 31.3 Å². The van der Waals surface area contributed by atoms with Crippen molar-refractivity contribution in [3.63, 3.8) is 0 Å². The maximum absolute atomic E-state index is 13.2. The molecule has 3 amide bonds. The van der Waals surface area contributed by atoms with Crippen LogP contribution in [0.1, 0.15) is 37.1 Å². The zero-order valence-electron chi connectivity index (χ0n) is 15.9. The van der Waals surface area contributed by atoms with Gasteiger partial charge in [0.2, 0.25) is 0 Å². The minimum absolute atomic E-state index is 0.118. The topological polar surface area (TPSA) is 78.2 Å². The molecule has 0 radical (unpaired) electrons. The van der Waals surface area contributed by atoms with Gasteiger partial charge in [-0.05, 0) is 36.2 Å². The van der Waals surface area contributed by atoms with E-state index in [1.807, 2.05) is 6.92 Å². The van der Waals surface area contributed by atoms with Crippen LogP contribution < -0.4 is 5.32 Å². The van der Waals surface area contributed by atoms with Crippen molar-refractivity contribution in [1.29, 1.82) is 0 Å². The fraction of sp³-hybridized carbons (Fsp3) is 0.350. The Labute approximate surface area is 162 Å². The van der Waals surface area contributed by atoms with Gasteiger partial charge in [-0.15, -0.1) is 0 Å². The Morgan fingerprint density at radius 2 is 2.07 bits per heavy atom. The van der Waals surface area contributed by atoms with Crippen molar-refractivity contribution in [2.45, 2.75) is 25.8 Å². The first kappa shape index (κ1) is 19.6. The molecule has 0 bridgehead atoms. The van der Waals surface area contributed by atoms with Gasteiger partial charge in [0.1, 0.15) is 24.2 Å². The lowest BCUT2D eigenvalue weighted by Gasteiger charge is -2.23. The van der Waals surface area contributed by atoms with Gasteiger partial charge in [-0.2, -0.15) is 5.10 Å². The summed E-state index contributed by atoms with van der Waals surface area (Å²) in [7, 11) is 1.56. The van der Waals surface area contributed by atoms with Gasteiger partial charge >= 0.3 is 6.03 Å². The van der Waals surface area contributed by atoms with E-state index >= 15 is 0 Å². The van der Waals surface area contributed by atoms with E-state index in [1.165, 1.54) is 28.3 Å². The second kappa shape index (κ2) is 8.69. The SMILES string of the molecule is CCCNC(=O)N(C)CC(=O)N1N=C(c2ccc(F)cc2)CC1c1ccco1. The van der Waals surface area contributed by atoms with Crippen molar-refractivity contribution in [2.24, 2.45) is 5.10 Å². The molecule has 0 fully saturated rings. The van der Waals surface area contributed by atoms with Crippen LogP contribution in [0, 0.1) is 5.82 Å². The van der Waals surface area contributed by atoms with Crippen molar-refractivity contribution >= 4 is 17.6 Å². The summed E-state index contributed by atoms with van der Waals surface area (Å²) in [5.74, 6) is -0.0578. The van der Waals surface area contributed by atoms with E-state index in [2.05, 4.69) is 10.4 Å². The minimum Gasteiger partial charge on any atom is -0.467 e. The van der Waals surface area contributed by atoms with Crippen molar-refractivity contribution in [3.05, 3.63) is 59.8 Å². The van der Waals surface area contributed by atoms with Crippen LogP contribution in [0.5, 0.6) is 0 Å². The number of nitrogens with zero attached hydrogens (tertiary/aromatic N) is 3. The minimum atomic E-state index is -0.408. The average molecular weight is 386 g/mol. The van der Waals surface area contributed by atoms with Crippen LogP contribution in [0.4, 0.5) is 9.18 Å². The predicted octanol–water partition coefficient (Wildman–Crippen LogP) is 3.15. The van der Waals surface area contributed by atoms with Crippen LogP contribution in [0.25, 0.3) is 0 Å². The highest BCUT2D eigenvalue weighted by Gasteiger charge is 2.35. The molecular formula is C20H23FN4O3. The van der Waals surface area contributed by atoms with Crippen molar-refractivity contribution in [2.75, 3.05) is 20.1 Å². The number of amides is 3. The fourth-order valence-electron chi connectivity index (χ4n) is 2.97. The zero-order valence-corrected chi connectivity index (χ0v) is 15.9. The Morgan fingerprint density at radius 3 is 2.71 bits per heavy atom. The summed E-state index contributed by atoms with van der Waals surface area (Å²) in [5, 5.41) is 8.54. The van der Waals surface area contributed by atoms with E-state index in [0.717, 1.165) is 12.0 Å². The van der Waals surface area contributed by atoms with Crippen LogP contribution in [0.3, 0.4) is 0 Å². The van der Waals surface area contributed by atoms with Gasteiger partial charge in [0, 0.05) is 20.0 Å². The fourth-order valence-corrected chi connectivity index (χ4v) is 2.97. The third-order valence-corrected chi connectivity index (χ3v) is 4.46. The highest BCUT2D eigenvalue weighted by molar-refractivity contribution is 6.03. The standard InChI is InChI=1S/C20H23FN4O3/c1-3-10-22-20(27)24(2)13-19(26)25-17(18-5-4-11-28-18)12-16(23-25)14-6-8-15(21)9-7-14/h4-9,11,17H,3,10,12-13H2,1-2H3,(H,22,27). The molecule has 0 saturated carbocycles. The van der Waals surface area contributed by atoms with E-state index in [-0.39, 0.29) is 24.3 Å². The molecule has 1 aliphatic heterocycles. The van der Waals surface area contributed by atoms with Crippen LogP contribution >= 0.6 is 0 Å². The molecule has 8 heteroatoms. The molecule has 2 heterocycles. The largest absolute Gasteiger partial charge is 0.467 e. The van der Waals surface area contributed by atoms with Crippen LogP contribution in [0.15, 0.2) is 52.2 Å². The van der Waals surface area contributed by atoms with E-state index in [0.29, 0.717) is 24.4 Å². The molecule has 2 aromatic rings. The van der Waals surface area contributed by atoms with Gasteiger partial charge in [-0.3, -0.25) is 4.79 Å². The summed E-state index contributed by atoms with van der Waals surface area (Å²) in [4.78, 5) is 26.2. The zero-order chi connectivity index (χ0) is 20.1. The summed E-state index contributed by atoms with van der Waals surface area (Å²) in [6, 6.07) is 8.79. The molecule has 7 nitrogen and oxygen atoms in total. The number of carbonyl (C=O) groups excluding carboxylic acids is 2. The summed E-state index contributed by atoms with van der Waals surface area (Å²) in [6.07, 6.45) is 2.79. The van der Waals surface area contributed by atoms with Crippen LogP contribution in [-0.4, -0.2) is 47.7 Å².